The molecular weight excluding hydrogens is 314 g/mol. The van der Waals surface area contributed by atoms with Crippen LogP contribution >= 0.6 is 0 Å². The topological polar surface area (TPSA) is 55.4 Å². The molecule has 1 N–H and O–H groups in total. The second-order valence-electron chi connectivity index (χ2n) is 6.03. The Balaban J connectivity index is 1.84. The molecular formula is C21H25NO3. The van der Waals surface area contributed by atoms with Crippen LogP contribution in [0.2, 0.25) is 0 Å². The van der Waals surface area contributed by atoms with Gasteiger partial charge in [0, 0.05) is 18.5 Å². The average molecular weight is 339 g/mol. The maximum atomic E-state index is 12.1. The van der Waals surface area contributed by atoms with Crippen molar-refractivity contribution in [3.8, 4) is 0 Å². The molecule has 2 aromatic rings. The number of nitrogens with one attached hydrogen (secondary N) is 1. The van der Waals surface area contributed by atoms with Crippen molar-refractivity contribution in [2.45, 2.75) is 38.0 Å². The molecule has 0 fully saturated rings. The van der Waals surface area contributed by atoms with Crippen LogP contribution < -0.4 is 5.32 Å². The molecule has 0 aliphatic carbocycles. The first kappa shape index (κ1) is 18.7. The molecule has 0 saturated carbocycles. The second kappa shape index (κ2) is 10.3. The van der Waals surface area contributed by atoms with E-state index in [1.165, 1.54) is 12.7 Å². The molecule has 25 heavy (non-hydrogen) atoms. The standard InChI is InChI=1S/C21H25NO3/c1-25-21(24)16-15-18(17-9-4-2-5-10-17)11-8-14-20(23)22-19-12-6-3-7-13-19/h2-7,9-10,12-13,18H,8,11,14-16H2,1H3,(H,22,23). The zero-order valence-corrected chi connectivity index (χ0v) is 14.6. The van der Waals surface area contributed by atoms with Gasteiger partial charge in [-0.25, -0.2) is 0 Å². The molecule has 0 radical (unpaired) electrons. The number of amides is 1. The molecule has 0 heterocycles. The molecule has 2 aromatic carbocycles. The van der Waals surface area contributed by atoms with E-state index in [0.717, 1.165) is 24.9 Å². The van der Waals surface area contributed by atoms with Gasteiger partial charge in [-0.2, -0.15) is 0 Å². The van der Waals surface area contributed by atoms with Gasteiger partial charge in [0.2, 0.25) is 5.91 Å². The fraction of sp³-hybridized carbons (Fsp3) is 0.333. The first-order chi connectivity index (χ1) is 12.2. The molecule has 0 aliphatic heterocycles. The highest BCUT2D eigenvalue weighted by atomic mass is 16.5. The van der Waals surface area contributed by atoms with Crippen molar-refractivity contribution in [3.05, 3.63) is 66.2 Å². The lowest BCUT2D eigenvalue weighted by Crippen LogP contribution is -2.12. The Labute approximate surface area is 149 Å². The lowest BCUT2D eigenvalue weighted by atomic mass is 9.89. The van der Waals surface area contributed by atoms with Crippen LogP contribution in [0.4, 0.5) is 5.69 Å². The predicted octanol–water partition coefficient (Wildman–Crippen LogP) is 4.53. The summed E-state index contributed by atoms with van der Waals surface area (Å²) in [4.78, 5) is 23.5. The number of ether oxygens (including phenoxy) is 1. The van der Waals surface area contributed by atoms with E-state index in [1.54, 1.807) is 0 Å². The maximum Gasteiger partial charge on any atom is 0.305 e. The fourth-order valence-corrected chi connectivity index (χ4v) is 2.85. The van der Waals surface area contributed by atoms with Gasteiger partial charge in [-0.05, 0) is 42.9 Å². The summed E-state index contributed by atoms with van der Waals surface area (Å²) in [6.45, 7) is 0. The molecule has 1 amide bonds. The second-order valence-corrected chi connectivity index (χ2v) is 6.03. The van der Waals surface area contributed by atoms with Gasteiger partial charge >= 0.3 is 5.97 Å². The van der Waals surface area contributed by atoms with E-state index >= 15 is 0 Å². The van der Waals surface area contributed by atoms with Crippen LogP contribution in [0.15, 0.2) is 60.7 Å². The average Bonchev–Trinajstić information content (AvgIpc) is 2.65. The van der Waals surface area contributed by atoms with Crippen molar-refractivity contribution in [3.63, 3.8) is 0 Å². The fourth-order valence-electron chi connectivity index (χ4n) is 2.85. The molecule has 0 spiro atoms. The Morgan fingerprint density at radius 2 is 1.56 bits per heavy atom. The van der Waals surface area contributed by atoms with Crippen molar-refractivity contribution in [1.82, 2.24) is 0 Å². The third-order valence-corrected chi connectivity index (χ3v) is 4.21. The minimum atomic E-state index is -0.192. The molecule has 0 saturated heterocycles. The van der Waals surface area contributed by atoms with E-state index in [0.29, 0.717) is 12.8 Å². The summed E-state index contributed by atoms with van der Waals surface area (Å²) in [5.74, 6) is 0.0820. The van der Waals surface area contributed by atoms with E-state index in [2.05, 4.69) is 17.4 Å². The Kier molecular flexibility index (Phi) is 7.70. The zero-order valence-electron chi connectivity index (χ0n) is 14.6. The number of anilines is 1. The van der Waals surface area contributed by atoms with E-state index in [-0.39, 0.29) is 17.8 Å². The van der Waals surface area contributed by atoms with Crippen molar-refractivity contribution in [1.29, 1.82) is 0 Å². The molecule has 0 aliphatic rings. The number of carbonyl (C=O) groups is 2. The number of esters is 1. The van der Waals surface area contributed by atoms with E-state index in [1.807, 2.05) is 48.5 Å². The van der Waals surface area contributed by atoms with Gasteiger partial charge in [0.15, 0.2) is 0 Å². The zero-order chi connectivity index (χ0) is 17.9. The number of rotatable bonds is 9. The number of methoxy groups -OCH3 is 1. The summed E-state index contributed by atoms with van der Waals surface area (Å²) < 4.78 is 4.74. The smallest absolute Gasteiger partial charge is 0.305 e. The Bertz CT molecular complexity index is 655. The number of benzene rings is 2. The summed E-state index contributed by atoms with van der Waals surface area (Å²) in [5.41, 5.74) is 2.02. The van der Waals surface area contributed by atoms with Crippen LogP contribution in [0.5, 0.6) is 0 Å². The lowest BCUT2D eigenvalue weighted by Gasteiger charge is -2.17. The monoisotopic (exact) mass is 339 g/mol. The molecule has 2 rings (SSSR count). The van der Waals surface area contributed by atoms with Gasteiger partial charge in [-0.3, -0.25) is 9.59 Å². The van der Waals surface area contributed by atoms with Crippen LogP contribution in [0.3, 0.4) is 0 Å². The summed E-state index contributed by atoms with van der Waals surface area (Å²) in [6.07, 6.45) is 3.24. The van der Waals surface area contributed by atoms with E-state index in [4.69, 9.17) is 4.74 Å². The number of hydrogen-bond donors (Lipinski definition) is 1. The molecule has 132 valence electrons. The molecule has 0 bridgehead atoms. The number of hydrogen-bond acceptors (Lipinski definition) is 3. The molecule has 1 atom stereocenters. The summed E-state index contributed by atoms with van der Waals surface area (Å²) in [5, 5.41) is 2.90. The Morgan fingerprint density at radius 1 is 0.920 bits per heavy atom. The summed E-state index contributed by atoms with van der Waals surface area (Å²) >= 11 is 0. The SMILES string of the molecule is COC(=O)CCC(CCCC(=O)Nc1ccccc1)c1ccccc1. The van der Waals surface area contributed by atoms with Crippen molar-refractivity contribution in [2.75, 3.05) is 12.4 Å². The number of para-hydroxylation sites is 1. The third-order valence-electron chi connectivity index (χ3n) is 4.21. The Hall–Kier alpha value is -2.62. The third kappa shape index (κ3) is 6.79. The molecule has 1 unspecified atom stereocenters. The minimum absolute atomic E-state index is 0.0194. The highest BCUT2D eigenvalue weighted by Gasteiger charge is 2.14. The van der Waals surface area contributed by atoms with Crippen LogP contribution in [0, 0.1) is 0 Å². The summed E-state index contributed by atoms with van der Waals surface area (Å²) in [7, 11) is 1.41. The van der Waals surface area contributed by atoms with Crippen LogP contribution in [-0.4, -0.2) is 19.0 Å². The van der Waals surface area contributed by atoms with Crippen molar-refractivity contribution < 1.29 is 14.3 Å². The van der Waals surface area contributed by atoms with Gasteiger partial charge in [0.05, 0.1) is 7.11 Å². The summed E-state index contributed by atoms with van der Waals surface area (Å²) in [6, 6.07) is 19.6. The highest BCUT2D eigenvalue weighted by molar-refractivity contribution is 5.90. The highest BCUT2D eigenvalue weighted by Crippen LogP contribution is 2.27. The van der Waals surface area contributed by atoms with Gasteiger partial charge in [0.1, 0.15) is 0 Å². The van der Waals surface area contributed by atoms with Gasteiger partial charge < -0.3 is 10.1 Å². The predicted molar refractivity (Wildman–Crippen MR) is 99.4 cm³/mol. The van der Waals surface area contributed by atoms with E-state index in [9.17, 15) is 9.59 Å². The largest absolute Gasteiger partial charge is 0.469 e. The maximum absolute atomic E-state index is 12.1. The lowest BCUT2D eigenvalue weighted by molar-refractivity contribution is -0.140. The first-order valence-corrected chi connectivity index (χ1v) is 8.65. The quantitative estimate of drug-likeness (QED) is 0.683. The van der Waals surface area contributed by atoms with E-state index < -0.39 is 0 Å². The number of carbonyl (C=O) groups excluding carboxylic acids is 2. The Morgan fingerprint density at radius 3 is 2.20 bits per heavy atom. The van der Waals surface area contributed by atoms with Gasteiger partial charge in [0.25, 0.3) is 0 Å². The minimum Gasteiger partial charge on any atom is -0.469 e. The van der Waals surface area contributed by atoms with Gasteiger partial charge in [-0.15, -0.1) is 0 Å². The molecule has 0 aromatic heterocycles. The van der Waals surface area contributed by atoms with Crippen LogP contribution in [0.25, 0.3) is 0 Å². The molecule has 4 heteroatoms. The van der Waals surface area contributed by atoms with Crippen LogP contribution in [-0.2, 0) is 14.3 Å². The van der Waals surface area contributed by atoms with Crippen molar-refractivity contribution in [2.24, 2.45) is 0 Å². The molecule has 4 nitrogen and oxygen atoms in total. The van der Waals surface area contributed by atoms with Crippen LogP contribution in [0.1, 0.15) is 43.6 Å². The normalized spacial score (nSPS) is 11.6. The van der Waals surface area contributed by atoms with Gasteiger partial charge in [-0.1, -0.05) is 48.5 Å². The first-order valence-electron chi connectivity index (χ1n) is 8.65. The van der Waals surface area contributed by atoms with Crippen molar-refractivity contribution >= 4 is 17.6 Å².